The van der Waals surface area contributed by atoms with Crippen LogP contribution >= 0.6 is 15.9 Å². The molecule has 2 rings (SSSR count). The first kappa shape index (κ1) is 20.2. The van der Waals surface area contributed by atoms with E-state index in [1.165, 1.54) is 19.1 Å². The van der Waals surface area contributed by atoms with E-state index in [2.05, 4.69) is 22.0 Å². The third kappa shape index (κ3) is 3.30. The predicted octanol–water partition coefficient (Wildman–Crippen LogP) is 6.39. The lowest BCUT2D eigenvalue weighted by molar-refractivity contribution is -0.348. The molecule has 0 aliphatic carbocycles. The van der Waals surface area contributed by atoms with E-state index in [4.69, 9.17) is 5.26 Å². The topological polar surface area (TPSA) is 23.8 Å². The van der Waals surface area contributed by atoms with E-state index in [9.17, 15) is 30.7 Å². The number of rotatable bonds is 2. The lowest BCUT2D eigenvalue weighted by Gasteiger charge is -2.32. The van der Waals surface area contributed by atoms with Gasteiger partial charge >= 0.3 is 18.0 Å². The molecule has 0 aromatic heterocycles. The molecule has 0 amide bonds. The van der Waals surface area contributed by atoms with Crippen molar-refractivity contribution in [3.8, 4) is 17.2 Å². The molecule has 0 saturated heterocycles. The van der Waals surface area contributed by atoms with Gasteiger partial charge in [0.15, 0.2) is 0 Å². The fourth-order valence-corrected chi connectivity index (χ4v) is 3.17. The Labute approximate surface area is 152 Å². The number of hydrogen-bond acceptors (Lipinski definition) is 1. The molecule has 1 nitrogen and oxygen atoms in total. The molecule has 2 aromatic carbocycles. The monoisotopic (exact) mass is 438 g/mol. The highest BCUT2D eigenvalue weighted by Crippen LogP contribution is 2.56. The van der Waals surface area contributed by atoms with Crippen molar-refractivity contribution in [1.82, 2.24) is 0 Å². The second-order valence-electron chi connectivity index (χ2n) is 5.40. The number of nitriles is 1. The SMILES string of the molecule is Cc1[c]c(Br)c(-c2ccc(C#N)cc2)c(C(F)(C(F)(F)F)C(F)(F)F)c1. The Morgan fingerprint density at radius 1 is 0.962 bits per heavy atom. The van der Waals surface area contributed by atoms with Gasteiger partial charge in [-0.25, -0.2) is 4.39 Å². The van der Waals surface area contributed by atoms with Gasteiger partial charge in [-0.3, -0.25) is 0 Å². The van der Waals surface area contributed by atoms with Crippen molar-refractivity contribution in [2.75, 3.05) is 0 Å². The summed E-state index contributed by atoms with van der Waals surface area (Å²) < 4.78 is 93.6. The minimum absolute atomic E-state index is 0.111. The summed E-state index contributed by atoms with van der Waals surface area (Å²) in [5.41, 5.74) is -7.91. The van der Waals surface area contributed by atoms with Crippen LogP contribution in [0.3, 0.4) is 0 Å². The fourth-order valence-electron chi connectivity index (χ4n) is 2.41. The molecular weight excluding hydrogens is 431 g/mol. The van der Waals surface area contributed by atoms with Crippen molar-refractivity contribution < 1.29 is 30.7 Å². The molecule has 0 N–H and O–H groups in total. The normalized spacial score (nSPS) is 12.8. The Morgan fingerprint density at radius 3 is 1.88 bits per heavy atom. The van der Waals surface area contributed by atoms with Crippen molar-refractivity contribution in [3.63, 3.8) is 0 Å². The molecule has 0 aliphatic rings. The molecule has 0 unspecified atom stereocenters. The largest absolute Gasteiger partial charge is 0.435 e. The van der Waals surface area contributed by atoms with Gasteiger partial charge in [0.1, 0.15) is 0 Å². The van der Waals surface area contributed by atoms with Gasteiger partial charge in [-0.15, -0.1) is 0 Å². The van der Waals surface area contributed by atoms with Crippen LogP contribution in [0.25, 0.3) is 11.1 Å². The van der Waals surface area contributed by atoms with Crippen LogP contribution in [0.15, 0.2) is 34.8 Å². The molecule has 0 atom stereocenters. The summed E-state index contributed by atoms with van der Waals surface area (Å²) in [5.74, 6) is 0. The third-order valence-corrected chi connectivity index (χ3v) is 4.21. The predicted molar refractivity (Wildman–Crippen MR) is 82.8 cm³/mol. The van der Waals surface area contributed by atoms with Crippen LogP contribution in [0, 0.1) is 24.3 Å². The number of nitrogens with zero attached hydrogens (tertiary/aromatic N) is 1. The van der Waals surface area contributed by atoms with Gasteiger partial charge in [-0.05, 0) is 46.1 Å². The molecule has 1 radical (unpaired) electrons. The van der Waals surface area contributed by atoms with Crippen molar-refractivity contribution in [2.24, 2.45) is 0 Å². The Kier molecular flexibility index (Phi) is 5.12. The van der Waals surface area contributed by atoms with Gasteiger partial charge in [0.25, 0.3) is 0 Å². The Hall–Kier alpha value is -2.08. The van der Waals surface area contributed by atoms with E-state index < -0.39 is 29.1 Å². The van der Waals surface area contributed by atoms with E-state index in [1.807, 2.05) is 0 Å². The van der Waals surface area contributed by atoms with Crippen molar-refractivity contribution >= 4 is 15.9 Å². The van der Waals surface area contributed by atoms with Gasteiger partial charge < -0.3 is 0 Å². The molecule has 2 aromatic rings. The number of alkyl halides is 7. The Morgan fingerprint density at radius 2 is 1.46 bits per heavy atom. The lowest BCUT2D eigenvalue weighted by atomic mass is 9.85. The number of aryl methyl sites for hydroxylation is 1. The number of halogens is 8. The highest BCUT2D eigenvalue weighted by atomic mass is 79.9. The molecule has 137 valence electrons. The average Bonchev–Trinajstić information content (AvgIpc) is 2.51. The molecule has 0 spiro atoms. The number of benzene rings is 2. The maximum Gasteiger partial charge on any atom is 0.435 e. The van der Waals surface area contributed by atoms with E-state index in [0.29, 0.717) is 6.07 Å². The highest BCUT2D eigenvalue weighted by Gasteiger charge is 2.74. The molecule has 9 heteroatoms. The third-order valence-electron chi connectivity index (χ3n) is 3.61. The van der Waals surface area contributed by atoms with Crippen LogP contribution < -0.4 is 0 Å². The molecular formula is C17H8BrF7N. The van der Waals surface area contributed by atoms with E-state index in [1.54, 1.807) is 6.07 Å². The van der Waals surface area contributed by atoms with Crippen LogP contribution in [0.4, 0.5) is 30.7 Å². The summed E-state index contributed by atoms with van der Waals surface area (Å²) in [4.78, 5) is 0. The van der Waals surface area contributed by atoms with E-state index in [-0.39, 0.29) is 21.2 Å². The zero-order valence-electron chi connectivity index (χ0n) is 12.9. The Bertz CT molecular complexity index is 847. The molecule has 0 heterocycles. The van der Waals surface area contributed by atoms with Crippen LogP contribution in [-0.4, -0.2) is 12.4 Å². The summed E-state index contributed by atoms with van der Waals surface area (Å²) >= 11 is 2.87. The van der Waals surface area contributed by atoms with Crippen LogP contribution in [0.5, 0.6) is 0 Å². The van der Waals surface area contributed by atoms with Crippen LogP contribution in [-0.2, 0) is 5.67 Å². The van der Waals surface area contributed by atoms with Crippen LogP contribution in [0.2, 0.25) is 0 Å². The van der Waals surface area contributed by atoms with Gasteiger partial charge in [0.05, 0.1) is 11.6 Å². The smallest absolute Gasteiger partial charge is 0.218 e. The maximum atomic E-state index is 14.7. The molecule has 0 aliphatic heterocycles. The van der Waals surface area contributed by atoms with E-state index >= 15 is 0 Å². The molecule has 0 fully saturated rings. The van der Waals surface area contributed by atoms with Crippen molar-refractivity contribution in [3.05, 3.63) is 57.6 Å². The minimum Gasteiger partial charge on any atom is -0.218 e. The Balaban J connectivity index is 2.90. The van der Waals surface area contributed by atoms with Gasteiger partial charge in [-0.1, -0.05) is 18.2 Å². The summed E-state index contributed by atoms with van der Waals surface area (Å²) in [7, 11) is 0. The molecule has 0 saturated carbocycles. The molecule has 0 bridgehead atoms. The number of hydrogen-bond donors (Lipinski definition) is 0. The summed E-state index contributed by atoms with van der Waals surface area (Å²) in [6, 6.07) is 9.45. The highest BCUT2D eigenvalue weighted by molar-refractivity contribution is 9.10. The standard InChI is InChI=1S/C17H8BrF7N/c1-9-6-12(15(19,16(20,21)22)17(23,24)25)14(13(18)7-9)11-4-2-10(8-26)3-5-11/h2-6H,1H3. The van der Waals surface area contributed by atoms with Crippen molar-refractivity contribution in [1.29, 1.82) is 5.26 Å². The van der Waals surface area contributed by atoms with Gasteiger partial charge in [-0.2, -0.15) is 31.6 Å². The van der Waals surface area contributed by atoms with Crippen molar-refractivity contribution in [2.45, 2.75) is 24.9 Å². The molecule has 26 heavy (non-hydrogen) atoms. The fraction of sp³-hybridized carbons (Fsp3) is 0.235. The van der Waals surface area contributed by atoms with Gasteiger partial charge in [0.2, 0.25) is 0 Å². The maximum absolute atomic E-state index is 14.7. The summed E-state index contributed by atoms with van der Waals surface area (Å²) in [6.07, 6.45) is -12.5. The first-order valence-corrected chi connectivity index (χ1v) is 7.68. The summed E-state index contributed by atoms with van der Waals surface area (Å²) in [6.45, 7) is 1.20. The second kappa shape index (κ2) is 6.58. The van der Waals surface area contributed by atoms with Crippen LogP contribution in [0.1, 0.15) is 16.7 Å². The average molecular weight is 439 g/mol. The zero-order chi connectivity index (χ0) is 19.9. The first-order valence-electron chi connectivity index (χ1n) is 6.88. The quantitative estimate of drug-likeness (QED) is 0.498. The first-order chi connectivity index (χ1) is 11.8. The minimum atomic E-state index is -6.24. The van der Waals surface area contributed by atoms with E-state index in [0.717, 1.165) is 12.1 Å². The second-order valence-corrected chi connectivity index (χ2v) is 6.19. The lowest BCUT2D eigenvalue weighted by Crippen LogP contribution is -2.50. The summed E-state index contributed by atoms with van der Waals surface area (Å²) in [5, 5.41) is 8.76. The zero-order valence-corrected chi connectivity index (χ0v) is 14.4. The van der Waals surface area contributed by atoms with Gasteiger partial charge in [0, 0.05) is 21.7 Å².